The van der Waals surface area contributed by atoms with E-state index < -0.39 is 11.9 Å². The first-order valence-corrected chi connectivity index (χ1v) is 10.8. The minimum absolute atomic E-state index is 0.0239. The Morgan fingerprint density at radius 2 is 1.90 bits per heavy atom. The highest BCUT2D eigenvalue weighted by molar-refractivity contribution is 9.11. The topological polar surface area (TPSA) is 102 Å². The molecule has 0 bridgehead atoms. The van der Waals surface area contributed by atoms with Gasteiger partial charge in [0.05, 0.1) is 8.66 Å². The number of hydrogen-bond acceptors (Lipinski definition) is 4. The number of amides is 2. The number of rotatable bonds is 5. The average molecular weight is 492 g/mol. The first-order valence-electron chi connectivity index (χ1n) is 9.18. The molecule has 158 valence electrons. The van der Waals surface area contributed by atoms with Crippen LogP contribution in [0.4, 0.5) is 11.5 Å². The number of aromatic carboxylic acids is 1. The molecule has 0 atom stereocenters. The summed E-state index contributed by atoms with van der Waals surface area (Å²) in [7, 11) is 1.69. The van der Waals surface area contributed by atoms with Gasteiger partial charge in [0.1, 0.15) is 11.4 Å². The quantitative estimate of drug-likeness (QED) is 0.447. The molecule has 0 aliphatic rings. The summed E-state index contributed by atoms with van der Waals surface area (Å²) in [4.78, 5) is 41.9. The van der Waals surface area contributed by atoms with Gasteiger partial charge in [-0.3, -0.25) is 9.59 Å². The van der Waals surface area contributed by atoms with E-state index in [4.69, 9.17) is 0 Å². The van der Waals surface area contributed by atoms with Crippen molar-refractivity contribution in [3.05, 3.63) is 44.6 Å². The summed E-state index contributed by atoms with van der Waals surface area (Å²) in [6.45, 7) is 5.98. The third-order valence-corrected chi connectivity index (χ3v) is 6.10. The number of carboxylic acids is 1. The second kappa shape index (κ2) is 8.23. The Morgan fingerprint density at radius 3 is 2.47 bits per heavy atom. The lowest BCUT2D eigenvalue weighted by molar-refractivity contribution is -0.120. The van der Waals surface area contributed by atoms with Gasteiger partial charge in [-0.05, 0) is 51.7 Å². The SMILES string of the molecule is CN(C(=O)CC(C)(C)C)c1ccc2c(C(=O)O)c(NC(=O)c3ccc(Br)s3)[nH]c2c1. The van der Waals surface area contributed by atoms with Crippen molar-refractivity contribution < 1.29 is 19.5 Å². The van der Waals surface area contributed by atoms with Gasteiger partial charge in [-0.25, -0.2) is 4.79 Å². The molecule has 7 nitrogen and oxygen atoms in total. The highest BCUT2D eigenvalue weighted by Gasteiger charge is 2.23. The number of anilines is 2. The Labute approximate surface area is 186 Å². The molecule has 3 aromatic rings. The summed E-state index contributed by atoms with van der Waals surface area (Å²) in [5, 5.41) is 12.8. The Hall–Kier alpha value is -2.65. The van der Waals surface area contributed by atoms with Crippen molar-refractivity contribution >= 4 is 67.5 Å². The van der Waals surface area contributed by atoms with Crippen molar-refractivity contribution in [2.75, 3.05) is 17.3 Å². The highest BCUT2D eigenvalue weighted by Crippen LogP contribution is 2.31. The van der Waals surface area contributed by atoms with Crippen LogP contribution in [-0.2, 0) is 4.79 Å². The fourth-order valence-electron chi connectivity index (χ4n) is 3.04. The third-order valence-electron chi connectivity index (χ3n) is 4.47. The molecule has 3 N–H and O–H groups in total. The number of nitrogens with zero attached hydrogens (tertiary/aromatic N) is 1. The van der Waals surface area contributed by atoms with Crippen LogP contribution in [0, 0.1) is 5.41 Å². The van der Waals surface area contributed by atoms with Crippen LogP contribution >= 0.6 is 27.3 Å². The van der Waals surface area contributed by atoms with Gasteiger partial charge in [0.2, 0.25) is 5.91 Å². The summed E-state index contributed by atoms with van der Waals surface area (Å²) >= 11 is 4.56. The van der Waals surface area contributed by atoms with Crippen LogP contribution in [0.3, 0.4) is 0 Å². The van der Waals surface area contributed by atoms with Gasteiger partial charge in [-0.15, -0.1) is 11.3 Å². The normalized spacial score (nSPS) is 11.5. The molecule has 2 heterocycles. The van der Waals surface area contributed by atoms with E-state index in [-0.39, 0.29) is 22.7 Å². The van der Waals surface area contributed by atoms with E-state index >= 15 is 0 Å². The summed E-state index contributed by atoms with van der Waals surface area (Å²) in [6.07, 6.45) is 0.379. The van der Waals surface area contributed by atoms with Crippen molar-refractivity contribution in [3.8, 4) is 0 Å². The molecule has 2 aromatic heterocycles. The molecule has 0 spiro atoms. The third kappa shape index (κ3) is 4.73. The Morgan fingerprint density at radius 1 is 1.20 bits per heavy atom. The fourth-order valence-corrected chi connectivity index (χ4v) is 4.32. The summed E-state index contributed by atoms with van der Waals surface area (Å²) < 4.78 is 0.801. The molecule has 0 saturated heterocycles. The molecule has 30 heavy (non-hydrogen) atoms. The number of hydrogen-bond donors (Lipinski definition) is 3. The molecule has 0 radical (unpaired) electrons. The van der Waals surface area contributed by atoms with Crippen molar-refractivity contribution in [1.82, 2.24) is 4.98 Å². The van der Waals surface area contributed by atoms with Crippen LogP contribution in [0.5, 0.6) is 0 Å². The van der Waals surface area contributed by atoms with Gasteiger partial charge in [0.25, 0.3) is 5.91 Å². The number of fused-ring (bicyclic) bond motifs is 1. The van der Waals surface area contributed by atoms with Crippen LogP contribution in [0.1, 0.15) is 47.2 Å². The molecule has 0 unspecified atom stereocenters. The largest absolute Gasteiger partial charge is 0.478 e. The zero-order valence-corrected chi connectivity index (χ0v) is 19.4. The molecule has 1 aromatic carbocycles. The lowest BCUT2D eigenvalue weighted by atomic mass is 9.91. The predicted octanol–water partition coefficient (Wildman–Crippen LogP) is 5.34. The second-order valence-corrected chi connectivity index (χ2v) is 10.6. The standard InChI is InChI=1S/C21H22BrN3O4S/c1-21(2,3)10-16(26)25(4)11-5-6-12-13(9-11)23-18(17(12)20(28)29)24-19(27)14-7-8-15(22)30-14/h5-9,23H,10H2,1-4H3,(H,24,27)(H,28,29). The van der Waals surface area contributed by atoms with Crippen LogP contribution in [0.25, 0.3) is 10.9 Å². The molecule has 0 aliphatic carbocycles. The number of aromatic nitrogens is 1. The van der Waals surface area contributed by atoms with Crippen LogP contribution < -0.4 is 10.2 Å². The van der Waals surface area contributed by atoms with Gasteiger partial charge < -0.3 is 20.3 Å². The zero-order valence-electron chi connectivity index (χ0n) is 17.0. The molecular weight excluding hydrogens is 470 g/mol. The molecule has 0 saturated carbocycles. The van der Waals surface area contributed by atoms with E-state index in [0.29, 0.717) is 27.9 Å². The monoisotopic (exact) mass is 491 g/mol. The Bertz CT molecular complexity index is 1140. The molecular formula is C21H22BrN3O4S. The van der Waals surface area contributed by atoms with Gasteiger partial charge in [0, 0.05) is 30.1 Å². The maximum atomic E-state index is 12.5. The number of aromatic amines is 1. The second-order valence-electron chi connectivity index (χ2n) is 8.16. The van der Waals surface area contributed by atoms with Crippen LogP contribution in [0.15, 0.2) is 34.1 Å². The van der Waals surface area contributed by atoms with E-state index in [1.54, 1.807) is 42.3 Å². The number of halogens is 1. The van der Waals surface area contributed by atoms with E-state index in [2.05, 4.69) is 26.2 Å². The van der Waals surface area contributed by atoms with E-state index in [1.165, 1.54) is 11.3 Å². The van der Waals surface area contributed by atoms with Gasteiger partial charge in [-0.2, -0.15) is 0 Å². The smallest absolute Gasteiger partial charge is 0.340 e. The number of carbonyl (C=O) groups is 3. The molecule has 2 amide bonds. The first kappa shape index (κ1) is 22.0. The van der Waals surface area contributed by atoms with Gasteiger partial charge >= 0.3 is 5.97 Å². The summed E-state index contributed by atoms with van der Waals surface area (Å²) in [5.41, 5.74) is 0.981. The van der Waals surface area contributed by atoms with E-state index in [1.807, 2.05) is 20.8 Å². The lowest BCUT2D eigenvalue weighted by Gasteiger charge is -2.23. The number of carbonyl (C=O) groups excluding carboxylic acids is 2. The van der Waals surface area contributed by atoms with Crippen molar-refractivity contribution in [1.29, 1.82) is 0 Å². The minimum Gasteiger partial charge on any atom is -0.478 e. The Balaban J connectivity index is 1.95. The average Bonchev–Trinajstić information content (AvgIpc) is 3.22. The first-order chi connectivity index (χ1) is 14.0. The summed E-state index contributed by atoms with van der Waals surface area (Å²) in [6, 6.07) is 8.45. The molecule has 0 aliphatic heterocycles. The highest BCUT2D eigenvalue weighted by atomic mass is 79.9. The van der Waals surface area contributed by atoms with Crippen molar-refractivity contribution in [2.24, 2.45) is 5.41 Å². The summed E-state index contributed by atoms with van der Waals surface area (Å²) in [5.74, 6) is -1.50. The molecule has 9 heteroatoms. The molecule has 0 fully saturated rings. The van der Waals surface area contributed by atoms with E-state index in [0.717, 1.165) is 3.79 Å². The number of carboxylic acid groups (broad SMARTS) is 1. The number of thiophene rings is 1. The maximum absolute atomic E-state index is 12.5. The van der Waals surface area contributed by atoms with E-state index in [9.17, 15) is 19.5 Å². The number of nitrogens with one attached hydrogen (secondary N) is 2. The number of benzene rings is 1. The minimum atomic E-state index is -1.16. The Kier molecular flexibility index (Phi) is 6.05. The lowest BCUT2D eigenvalue weighted by Crippen LogP contribution is -2.29. The number of H-pyrrole nitrogens is 1. The van der Waals surface area contributed by atoms with Gasteiger partial charge in [-0.1, -0.05) is 20.8 Å². The van der Waals surface area contributed by atoms with Crippen LogP contribution in [0.2, 0.25) is 0 Å². The zero-order chi connectivity index (χ0) is 22.2. The maximum Gasteiger partial charge on any atom is 0.340 e. The van der Waals surface area contributed by atoms with Crippen molar-refractivity contribution in [2.45, 2.75) is 27.2 Å². The van der Waals surface area contributed by atoms with Gasteiger partial charge in [0.15, 0.2) is 0 Å². The fraction of sp³-hybridized carbons (Fsp3) is 0.286. The molecule has 3 rings (SSSR count). The predicted molar refractivity (Wildman–Crippen MR) is 123 cm³/mol. The van der Waals surface area contributed by atoms with Crippen LogP contribution in [-0.4, -0.2) is 34.9 Å². The van der Waals surface area contributed by atoms with Crippen molar-refractivity contribution in [3.63, 3.8) is 0 Å².